The number of nitrogens with zero attached hydrogens (tertiary/aromatic N) is 2. The fourth-order valence-corrected chi connectivity index (χ4v) is 2.10. The molecule has 0 aliphatic rings. The lowest BCUT2D eigenvalue weighted by atomic mass is 10.1. The molecule has 1 aromatic carbocycles. The van der Waals surface area contributed by atoms with E-state index in [0.717, 1.165) is 5.56 Å². The summed E-state index contributed by atoms with van der Waals surface area (Å²) in [4.78, 5) is 2.19. The summed E-state index contributed by atoms with van der Waals surface area (Å²) in [6.45, 7) is 5.54. The summed E-state index contributed by atoms with van der Waals surface area (Å²) in [5.41, 5.74) is 6.47. The molecule has 0 unspecified atom stereocenters. The van der Waals surface area contributed by atoms with Crippen LogP contribution in [0.15, 0.2) is 23.4 Å². The molecule has 1 rings (SSSR count). The van der Waals surface area contributed by atoms with Gasteiger partial charge in [0, 0.05) is 25.6 Å². The van der Waals surface area contributed by atoms with Crippen molar-refractivity contribution in [1.29, 1.82) is 0 Å². The van der Waals surface area contributed by atoms with Crippen LogP contribution >= 0.6 is 23.2 Å². The van der Waals surface area contributed by atoms with Gasteiger partial charge in [-0.05, 0) is 25.5 Å². The molecule has 6 heteroatoms. The molecule has 4 nitrogen and oxygen atoms in total. The predicted molar refractivity (Wildman–Crippen MR) is 80.0 cm³/mol. The van der Waals surface area contributed by atoms with E-state index in [1.54, 1.807) is 6.07 Å². The van der Waals surface area contributed by atoms with E-state index in [0.29, 0.717) is 35.6 Å². The molecule has 19 heavy (non-hydrogen) atoms. The van der Waals surface area contributed by atoms with Crippen molar-refractivity contribution >= 4 is 29.0 Å². The van der Waals surface area contributed by atoms with Gasteiger partial charge in [0.1, 0.15) is 5.84 Å². The number of halogens is 2. The van der Waals surface area contributed by atoms with E-state index in [1.807, 2.05) is 12.1 Å². The third kappa shape index (κ3) is 4.90. The zero-order valence-electron chi connectivity index (χ0n) is 11.1. The molecule has 0 spiro atoms. The van der Waals surface area contributed by atoms with Crippen molar-refractivity contribution in [3.63, 3.8) is 0 Å². The van der Waals surface area contributed by atoms with Crippen LogP contribution < -0.4 is 5.73 Å². The van der Waals surface area contributed by atoms with Crippen LogP contribution in [0.1, 0.15) is 25.8 Å². The zero-order chi connectivity index (χ0) is 14.4. The minimum atomic E-state index is 0.225. The van der Waals surface area contributed by atoms with Crippen LogP contribution in [-0.2, 0) is 6.54 Å². The Bertz CT molecular complexity index is 450. The average molecular weight is 304 g/mol. The Kier molecular flexibility index (Phi) is 6.42. The Morgan fingerprint density at radius 3 is 2.68 bits per heavy atom. The van der Waals surface area contributed by atoms with E-state index in [1.165, 1.54) is 0 Å². The molecular weight excluding hydrogens is 285 g/mol. The summed E-state index contributed by atoms with van der Waals surface area (Å²) in [7, 11) is 0. The quantitative estimate of drug-likeness (QED) is 0.367. The van der Waals surface area contributed by atoms with E-state index in [-0.39, 0.29) is 5.84 Å². The minimum Gasteiger partial charge on any atom is -0.409 e. The third-order valence-corrected chi connectivity index (χ3v) is 3.78. The van der Waals surface area contributed by atoms with E-state index in [4.69, 9.17) is 34.1 Å². The van der Waals surface area contributed by atoms with Gasteiger partial charge in [-0.2, -0.15) is 0 Å². The van der Waals surface area contributed by atoms with Crippen LogP contribution in [0.4, 0.5) is 0 Å². The molecule has 0 bridgehead atoms. The molecule has 0 fully saturated rings. The molecule has 106 valence electrons. The van der Waals surface area contributed by atoms with Crippen molar-refractivity contribution in [2.75, 3.05) is 6.54 Å². The second-order valence-electron chi connectivity index (χ2n) is 4.62. The minimum absolute atomic E-state index is 0.225. The standard InChI is InChI=1S/C13H19Cl2N3O/c1-9(2)18(7-6-12(16)17-19)8-10-4-3-5-11(14)13(10)15/h3-5,9,19H,6-8H2,1-2H3,(H2,16,17). The van der Waals surface area contributed by atoms with Crippen LogP contribution in [0.2, 0.25) is 10.0 Å². The first-order chi connectivity index (χ1) is 8.95. The number of oxime groups is 1. The molecule has 0 aliphatic heterocycles. The van der Waals surface area contributed by atoms with Crippen LogP contribution in [0.3, 0.4) is 0 Å². The van der Waals surface area contributed by atoms with Crippen molar-refractivity contribution in [2.45, 2.75) is 32.9 Å². The highest BCUT2D eigenvalue weighted by atomic mass is 35.5. The molecule has 0 saturated carbocycles. The molecule has 1 aromatic rings. The largest absolute Gasteiger partial charge is 0.409 e. The summed E-state index contributed by atoms with van der Waals surface area (Å²) in [6.07, 6.45) is 0.507. The van der Waals surface area contributed by atoms with Gasteiger partial charge in [-0.3, -0.25) is 4.90 Å². The lowest BCUT2D eigenvalue weighted by Gasteiger charge is -2.26. The number of hydrogen-bond donors (Lipinski definition) is 2. The summed E-state index contributed by atoms with van der Waals surface area (Å²) in [5, 5.41) is 12.7. The van der Waals surface area contributed by atoms with E-state index >= 15 is 0 Å². The van der Waals surface area contributed by atoms with Crippen LogP contribution in [-0.4, -0.2) is 28.5 Å². The first-order valence-electron chi connectivity index (χ1n) is 6.09. The first kappa shape index (κ1) is 16.1. The van der Waals surface area contributed by atoms with Gasteiger partial charge in [-0.25, -0.2) is 0 Å². The van der Waals surface area contributed by atoms with Crippen LogP contribution in [0, 0.1) is 0 Å². The molecule has 0 radical (unpaired) electrons. The Balaban J connectivity index is 2.76. The highest BCUT2D eigenvalue weighted by Crippen LogP contribution is 2.26. The van der Waals surface area contributed by atoms with Crippen molar-refractivity contribution < 1.29 is 5.21 Å². The number of amidine groups is 1. The van der Waals surface area contributed by atoms with Gasteiger partial charge < -0.3 is 10.9 Å². The average Bonchev–Trinajstić information content (AvgIpc) is 2.38. The molecule has 3 N–H and O–H groups in total. The number of benzene rings is 1. The molecule has 0 amide bonds. The van der Waals surface area contributed by atoms with Crippen molar-refractivity contribution in [3.05, 3.63) is 33.8 Å². The zero-order valence-corrected chi connectivity index (χ0v) is 12.6. The second kappa shape index (κ2) is 7.58. The van der Waals surface area contributed by atoms with E-state index < -0.39 is 0 Å². The topological polar surface area (TPSA) is 61.8 Å². The maximum atomic E-state index is 8.56. The fraction of sp³-hybridized carbons (Fsp3) is 0.462. The molecular formula is C13H19Cl2N3O. The van der Waals surface area contributed by atoms with Crippen molar-refractivity contribution in [3.8, 4) is 0 Å². The lowest BCUT2D eigenvalue weighted by molar-refractivity contribution is 0.218. The van der Waals surface area contributed by atoms with Gasteiger partial charge in [0.15, 0.2) is 0 Å². The van der Waals surface area contributed by atoms with E-state index in [9.17, 15) is 0 Å². The van der Waals surface area contributed by atoms with Gasteiger partial charge in [0.25, 0.3) is 0 Å². The van der Waals surface area contributed by atoms with Gasteiger partial charge in [0.05, 0.1) is 10.0 Å². The van der Waals surface area contributed by atoms with Gasteiger partial charge in [-0.1, -0.05) is 40.5 Å². The maximum Gasteiger partial charge on any atom is 0.140 e. The highest BCUT2D eigenvalue weighted by molar-refractivity contribution is 6.42. The Morgan fingerprint density at radius 2 is 2.11 bits per heavy atom. The van der Waals surface area contributed by atoms with Gasteiger partial charge in [0.2, 0.25) is 0 Å². The molecule has 0 atom stereocenters. The third-order valence-electron chi connectivity index (χ3n) is 2.92. The Hall–Kier alpha value is -0.970. The van der Waals surface area contributed by atoms with E-state index in [2.05, 4.69) is 23.9 Å². The highest BCUT2D eigenvalue weighted by Gasteiger charge is 2.13. The molecule has 0 heterocycles. The Morgan fingerprint density at radius 1 is 1.42 bits per heavy atom. The van der Waals surface area contributed by atoms with Gasteiger partial charge >= 0.3 is 0 Å². The second-order valence-corrected chi connectivity index (χ2v) is 5.40. The first-order valence-corrected chi connectivity index (χ1v) is 6.84. The monoisotopic (exact) mass is 303 g/mol. The van der Waals surface area contributed by atoms with Crippen molar-refractivity contribution in [1.82, 2.24) is 4.90 Å². The predicted octanol–water partition coefficient (Wildman–Crippen LogP) is 3.34. The number of hydrogen-bond acceptors (Lipinski definition) is 3. The van der Waals surface area contributed by atoms with Crippen molar-refractivity contribution in [2.24, 2.45) is 10.9 Å². The molecule has 0 saturated heterocycles. The van der Waals surface area contributed by atoms with Crippen LogP contribution in [0.25, 0.3) is 0 Å². The SMILES string of the molecule is CC(C)N(CC/C(N)=N/O)Cc1cccc(Cl)c1Cl. The molecule has 0 aromatic heterocycles. The summed E-state index contributed by atoms with van der Waals surface area (Å²) in [5.74, 6) is 0.225. The number of rotatable bonds is 6. The fourth-order valence-electron chi connectivity index (χ4n) is 1.72. The summed E-state index contributed by atoms with van der Waals surface area (Å²) >= 11 is 12.2. The smallest absolute Gasteiger partial charge is 0.140 e. The summed E-state index contributed by atoms with van der Waals surface area (Å²) < 4.78 is 0. The summed E-state index contributed by atoms with van der Waals surface area (Å²) in [6, 6.07) is 5.92. The molecule has 0 aliphatic carbocycles. The maximum absolute atomic E-state index is 8.56. The van der Waals surface area contributed by atoms with Crippen LogP contribution in [0.5, 0.6) is 0 Å². The number of nitrogens with two attached hydrogens (primary N) is 1. The lowest BCUT2D eigenvalue weighted by Crippen LogP contribution is -2.33. The van der Waals surface area contributed by atoms with Gasteiger partial charge in [-0.15, -0.1) is 0 Å². The Labute approximate surface area is 123 Å². The normalized spacial score (nSPS) is 12.4.